The molecule has 0 radical (unpaired) electrons. The van der Waals surface area contributed by atoms with Crippen LogP contribution in [0.25, 0.3) is 0 Å². The molecule has 0 saturated heterocycles. The van der Waals surface area contributed by atoms with Crippen molar-refractivity contribution in [3.05, 3.63) is 113 Å². The third kappa shape index (κ3) is 4.18. The number of hydrogen-bond donors (Lipinski definition) is 0. The molecule has 1 aliphatic rings. The minimum absolute atomic E-state index is 0.0823. The van der Waals surface area contributed by atoms with Crippen LogP contribution in [0.2, 0.25) is 0 Å². The molecule has 0 bridgehead atoms. The lowest BCUT2D eigenvalue weighted by Gasteiger charge is -2.40. The summed E-state index contributed by atoms with van der Waals surface area (Å²) < 4.78 is 6.18. The normalized spacial score (nSPS) is 19.1. The maximum absolute atomic E-state index is 6.18. The van der Waals surface area contributed by atoms with Crippen molar-refractivity contribution in [1.82, 2.24) is 0 Å². The second-order valence-corrected chi connectivity index (χ2v) is 11.0. The van der Waals surface area contributed by atoms with Gasteiger partial charge in [0.25, 0.3) is 0 Å². The van der Waals surface area contributed by atoms with Gasteiger partial charge in [0.1, 0.15) is 11.9 Å². The van der Waals surface area contributed by atoms with Crippen molar-refractivity contribution >= 4 is 10.0 Å². The highest BCUT2D eigenvalue weighted by atomic mass is 32.3. The molecular weight excluding hydrogens is 372 g/mol. The van der Waals surface area contributed by atoms with E-state index >= 15 is 0 Å². The lowest BCUT2D eigenvalue weighted by atomic mass is 10.1. The van der Waals surface area contributed by atoms with Crippen molar-refractivity contribution in [3.63, 3.8) is 0 Å². The molecule has 1 aliphatic carbocycles. The van der Waals surface area contributed by atoms with Crippen LogP contribution in [0.4, 0.5) is 0 Å². The summed E-state index contributed by atoms with van der Waals surface area (Å²) in [5, 5.41) is 0. The predicted molar refractivity (Wildman–Crippen MR) is 125 cm³/mol. The summed E-state index contributed by atoms with van der Waals surface area (Å²) in [6.45, 7) is 4.24. The topological polar surface area (TPSA) is 9.23 Å². The van der Waals surface area contributed by atoms with E-state index in [-0.39, 0.29) is 6.10 Å². The van der Waals surface area contributed by atoms with Crippen LogP contribution in [0.15, 0.2) is 112 Å². The molecule has 0 heterocycles. The first-order chi connectivity index (χ1) is 14.1. The molecule has 4 rings (SSSR count). The highest BCUT2D eigenvalue weighted by Crippen LogP contribution is 2.66. The zero-order valence-electron chi connectivity index (χ0n) is 17.3. The van der Waals surface area contributed by atoms with Gasteiger partial charge >= 0.3 is 0 Å². The molecule has 0 aliphatic heterocycles. The Morgan fingerprint density at radius 1 is 0.759 bits per heavy atom. The first-order valence-corrected chi connectivity index (χ1v) is 12.1. The molecule has 1 nitrogen and oxygen atoms in total. The van der Waals surface area contributed by atoms with Gasteiger partial charge in [-0.25, -0.2) is 0 Å². The van der Waals surface area contributed by atoms with Crippen LogP contribution in [0.1, 0.15) is 17.5 Å². The molecule has 2 heteroatoms. The Hall–Kier alpha value is -2.71. The molecule has 3 aromatic rings. The molecule has 2 atom stereocenters. The van der Waals surface area contributed by atoms with E-state index in [9.17, 15) is 0 Å². The lowest BCUT2D eigenvalue weighted by Crippen LogP contribution is -2.16. The fourth-order valence-corrected chi connectivity index (χ4v) is 6.65. The molecule has 29 heavy (non-hydrogen) atoms. The molecule has 0 aromatic heterocycles. The van der Waals surface area contributed by atoms with Crippen molar-refractivity contribution < 1.29 is 4.74 Å². The van der Waals surface area contributed by atoms with Crippen LogP contribution in [-0.2, 0) is 0 Å². The van der Waals surface area contributed by atoms with Gasteiger partial charge in [-0.15, -0.1) is 0 Å². The number of rotatable bonds is 5. The highest BCUT2D eigenvalue weighted by Gasteiger charge is 2.28. The van der Waals surface area contributed by atoms with Gasteiger partial charge < -0.3 is 4.74 Å². The molecule has 148 valence electrons. The average Bonchev–Trinajstić information content (AvgIpc) is 2.76. The standard InChI is InChI=1S/C27H28OS/c1-21-9-13-23(14-10-21)28-24-15-19-27(20-16-24)29(3,25-7-5-4-6-8-25)26-17-11-22(2)12-18-26/h4-15,17-20,24H,16H2,1-3H3/t24-/m1/s1. The van der Waals surface area contributed by atoms with Gasteiger partial charge in [0, 0.05) is 6.42 Å². The van der Waals surface area contributed by atoms with E-state index in [2.05, 4.69) is 105 Å². The van der Waals surface area contributed by atoms with Crippen molar-refractivity contribution in [2.75, 3.05) is 6.26 Å². The van der Waals surface area contributed by atoms with Crippen LogP contribution in [-0.4, -0.2) is 12.4 Å². The number of benzene rings is 3. The Morgan fingerprint density at radius 3 is 1.93 bits per heavy atom. The monoisotopic (exact) mass is 400 g/mol. The molecular formula is C27H28OS. The molecule has 0 fully saturated rings. The van der Waals surface area contributed by atoms with E-state index in [1.165, 1.54) is 25.8 Å². The smallest absolute Gasteiger partial charge is 0.121 e. The summed E-state index contributed by atoms with van der Waals surface area (Å²) in [7, 11) is -1.30. The average molecular weight is 401 g/mol. The summed E-state index contributed by atoms with van der Waals surface area (Å²) in [4.78, 5) is 4.18. The Morgan fingerprint density at radius 2 is 1.34 bits per heavy atom. The summed E-state index contributed by atoms with van der Waals surface area (Å²) >= 11 is 0. The van der Waals surface area contributed by atoms with E-state index in [0.717, 1.165) is 12.2 Å². The lowest BCUT2D eigenvalue weighted by molar-refractivity contribution is 0.251. The van der Waals surface area contributed by atoms with E-state index in [4.69, 9.17) is 4.74 Å². The van der Waals surface area contributed by atoms with Crippen LogP contribution in [0.3, 0.4) is 0 Å². The maximum Gasteiger partial charge on any atom is 0.121 e. The molecule has 3 aromatic carbocycles. The maximum atomic E-state index is 6.18. The third-order valence-corrected chi connectivity index (χ3v) is 9.19. The minimum atomic E-state index is -1.30. The zero-order valence-corrected chi connectivity index (χ0v) is 18.2. The predicted octanol–water partition coefficient (Wildman–Crippen LogP) is 7.45. The Balaban J connectivity index is 1.62. The van der Waals surface area contributed by atoms with Crippen LogP contribution in [0, 0.1) is 13.8 Å². The molecule has 0 spiro atoms. The molecule has 1 unspecified atom stereocenters. The first-order valence-electron chi connectivity index (χ1n) is 10.1. The zero-order chi connectivity index (χ0) is 20.3. The van der Waals surface area contributed by atoms with Gasteiger partial charge in [0.05, 0.1) is 0 Å². The first kappa shape index (κ1) is 19.6. The number of aryl methyl sites for hydroxylation is 2. The summed E-state index contributed by atoms with van der Waals surface area (Å²) in [5.74, 6) is 0.929. The fraction of sp³-hybridized carbons (Fsp3) is 0.185. The quantitative estimate of drug-likeness (QED) is 0.432. The van der Waals surface area contributed by atoms with Crippen molar-refractivity contribution in [3.8, 4) is 5.75 Å². The van der Waals surface area contributed by atoms with Gasteiger partial charge in [-0.3, -0.25) is 0 Å². The Kier molecular flexibility index (Phi) is 5.64. The van der Waals surface area contributed by atoms with Gasteiger partial charge in [-0.2, -0.15) is 10.0 Å². The Labute approximate surface area is 176 Å². The SMILES string of the molecule is Cc1ccc(O[C@@H]2C=CC(S(C)(c3ccccc3)c3ccc(C)cc3)=CC2)cc1. The van der Waals surface area contributed by atoms with E-state index < -0.39 is 10.0 Å². The van der Waals surface area contributed by atoms with Crippen molar-refractivity contribution in [2.45, 2.75) is 36.2 Å². The van der Waals surface area contributed by atoms with Gasteiger partial charge in [-0.05, 0) is 77.3 Å². The van der Waals surface area contributed by atoms with Crippen LogP contribution in [0.5, 0.6) is 5.75 Å². The summed E-state index contributed by atoms with van der Waals surface area (Å²) in [6.07, 6.45) is 10.3. The van der Waals surface area contributed by atoms with Gasteiger partial charge in [0.2, 0.25) is 0 Å². The third-order valence-electron chi connectivity index (χ3n) is 5.51. The van der Waals surface area contributed by atoms with E-state index in [1.54, 1.807) is 0 Å². The van der Waals surface area contributed by atoms with E-state index in [0.29, 0.717) is 0 Å². The highest BCUT2D eigenvalue weighted by molar-refractivity contribution is 8.36. The fourth-order valence-electron chi connectivity index (χ4n) is 3.67. The van der Waals surface area contributed by atoms with Gasteiger partial charge in [-0.1, -0.05) is 65.7 Å². The number of hydrogen-bond acceptors (Lipinski definition) is 1. The second-order valence-electron chi connectivity index (χ2n) is 7.72. The van der Waals surface area contributed by atoms with E-state index in [1.807, 2.05) is 12.1 Å². The second kappa shape index (κ2) is 8.34. The van der Waals surface area contributed by atoms with Crippen LogP contribution < -0.4 is 4.74 Å². The van der Waals surface area contributed by atoms with Gasteiger partial charge in [0.15, 0.2) is 0 Å². The summed E-state index contributed by atoms with van der Waals surface area (Å²) in [6, 6.07) is 28.2. The van der Waals surface area contributed by atoms with Crippen molar-refractivity contribution in [1.29, 1.82) is 0 Å². The minimum Gasteiger partial charge on any atom is -0.486 e. The Bertz CT molecular complexity index is 1020. The number of ether oxygens (including phenoxy) is 1. The molecule has 0 saturated carbocycles. The molecule has 0 N–H and O–H groups in total. The number of allylic oxidation sites excluding steroid dienone is 1. The van der Waals surface area contributed by atoms with Crippen LogP contribution >= 0.6 is 10.0 Å². The summed E-state index contributed by atoms with van der Waals surface area (Å²) in [5.41, 5.74) is 2.54. The van der Waals surface area contributed by atoms with Crippen molar-refractivity contribution in [2.24, 2.45) is 0 Å². The largest absolute Gasteiger partial charge is 0.486 e. The molecule has 0 amide bonds.